The highest BCUT2D eigenvalue weighted by Crippen LogP contribution is 2.25. The molecule has 0 rings (SSSR count). The van der Waals surface area contributed by atoms with Gasteiger partial charge in [0.1, 0.15) is 0 Å². The molecule has 0 fully saturated rings. The SMILES string of the molecule is CC(CCNC([O])=O)CC(C)(C)C. The highest BCUT2D eigenvalue weighted by molar-refractivity contribution is 5.63. The summed E-state index contributed by atoms with van der Waals surface area (Å²) in [5.41, 5.74) is 0.320. The number of carbonyl (C=O) groups is 1. The fraction of sp³-hybridized carbons (Fsp3) is 0.900. The van der Waals surface area contributed by atoms with Crippen molar-refractivity contribution in [1.82, 2.24) is 5.32 Å². The summed E-state index contributed by atoms with van der Waals surface area (Å²) in [4.78, 5) is 10.0. The van der Waals surface area contributed by atoms with E-state index in [1.165, 1.54) is 0 Å². The van der Waals surface area contributed by atoms with Gasteiger partial charge in [-0.25, -0.2) is 9.90 Å². The minimum Gasteiger partial charge on any atom is -0.318 e. The van der Waals surface area contributed by atoms with Gasteiger partial charge in [-0.2, -0.15) is 0 Å². The van der Waals surface area contributed by atoms with Gasteiger partial charge >= 0.3 is 6.09 Å². The lowest BCUT2D eigenvalue weighted by Gasteiger charge is -2.22. The van der Waals surface area contributed by atoms with Crippen molar-refractivity contribution in [2.24, 2.45) is 11.3 Å². The van der Waals surface area contributed by atoms with Gasteiger partial charge in [-0.05, 0) is 24.2 Å². The molecule has 0 spiro atoms. The third kappa shape index (κ3) is 9.18. The molecule has 0 saturated carbocycles. The first-order valence-corrected chi connectivity index (χ1v) is 4.76. The van der Waals surface area contributed by atoms with Gasteiger partial charge in [0.05, 0.1) is 0 Å². The standard InChI is InChI=1S/C10H20NO2/c1-8(7-10(2,3)4)5-6-11-9(12)13/h8,11H,5-7H2,1-4H3. The molecule has 0 aromatic carbocycles. The summed E-state index contributed by atoms with van der Waals surface area (Å²) in [5, 5.41) is 12.3. The van der Waals surface area contributed by atoms with Gasteiger partial charge in [0, 0.05) is 6.54 Å². The predicted molar refractivity (Wildman–Crippen MR) is 51.9 cm³/mol. The van der Waals surface area contributed by atoms with Crippen LogP contribution in [0.25, 0.3) is 0 Å². The molecule has 0 aliphatic rings. The van der Waals surface area contributed by atoms with E-state index < -0.39 is 6.09 Å². The van der Waals surface area contributed by atoms with E-state index in [0.717, 1.165) is 12.8 Å². The predicted octanol–water partition coefficient (Wildman–Crippen LogP) is 2.59. The average Bonchev–Trinajstić information content (AvgIpc) is 1.81. The summed E-state index contributed by atoms with van der Waals surface area (Å²) in [5.74, 6) is 0.548. The molecular weight excluding hydrogens is 166 g/mol. The molecule has 0 aromatic heterocycles. The molecular formula is C10H20NO2. The zero-order valence-corrected chi connectivity index (χ0v) is 9.02. The summed E-state index contributed by atoms with van der Waals surface area (Å²) in [6.07, 6.45) is 0.815. The highest BCUT2D eigenvalue weighted by atomic mass is 16.4. The summed E-state index contributed by atoms with van der Waals surface area (Å²) in [6.45, 7) is 9.21. The van der Waals surface area contributed by atoms with Crippen molar-refractivity contribution in [1.29, 1.82) is 0 Å². The highest BCUT2D eigenvalue weighted by Gasteiger charge is 2.14. The number of hydrogen-bond donors (Lipinski definition) is 1. The van der Waals surface area contributed by atoms with Crippen molar-refractivity contribution in [3.05, 3.63) is 0 Å². The molecule has 3 heteroatoms. The van der Waals surface area contributed by atoms with Crippen molar-refractivity contribution < 1.29 is 9.90 Å². The Kier molecular flexibility index (Phi) is 4.81. The molecule has 1 N–H and O–H groups in total. The maximum Gasteiger partial charge on any atom is 0.450 e. The first-order valence-electron chi connectivity index (χ1n) is 4.76. The van der Waals surface area contributed by atoms with E-state index in [9.17, 15) is 9.90 Å². The molecule has 13 heavy (non-hydrogen) atoms. The van der Waals surface area contributed by atoms with Crippen LogP contribution in [0, 0.1) is 11.3 Å². The molecule has 0 heterocycles. The molecule has 0 bridgehead atoms. The monoisotopic (exact) mass is 186 g/mol. The quantitative estimate of drug-likeness (QED) is 0.720. The second-order valence-electron chi connectivity index (χ2n) is 4.87. The molecule has 0 aromatic rings. The van der Waals surface area contributed by atoms with Gasteiger partial charge in [-0.3, -0.25) is 0 Å². The molecule has 1 atom stereocenters. The molecule has 0 saturated heterocycles. The fourth-order valence-corrected chi connectivity index (χ4v) is 1.57. The number of rotatable bonds is 4. The fourth-order valence-electron chi connectivity index (χ4n) is 1.57. The van der Waals surface area contributed by atoms with Gasteiger partial charge in [0.25, 0.3) is 0 Å². The second-order valence-corrected chi connectivity index (χ2v) is 4.87. The van der Waals surface area contributed by atoms with E-state index in [4.69, 9.17) is 0 Å². The van der Waals surface area contributed by atoms with Gasteiger partial charge in [0.15, 0.2) is 0 Å². The number of carbonyl (C=O) groups excluding carboxylic acids is 1. The van der Waals surface area contributed by atoms with Gasteiger partial charge in [0.2, 0.25) is 0 Å². The van der Waals surface area contributed by atoms with Crippen molar-refractivity contribution >= 4 is 6.09 Å². The smallest absolute Gasteiger partial charge is 0.318 e. The lowest BCUT2D eigenvalue weighted by molar-refractivity contribution is 0.167. The van der Waals surface area contributed by atoms with Crippen LogP contribution in [0.15, 0.2) is 0 Å². The van der Waals surface area contributed by atoms with Gasteiger partial charge in [-0.1, -0.05) is 27.7 Å². The first kappa shape index (κ1) is 12.3. The van der Waals surface area contributed by atoms with Crippen LogP contribution >= 0.6 is 0 Å². The zero-order valence-electron chi connectivity index (χ0n) is 9.02. The zero-order chi connectivity index (χ0) is 10.5. The Morgan fingerprint density at radius 3 is 2.31 bits per heavy atom. The largest absolute Gasteiger partial charge is 0.450 e. The Bertz CT molecular complexity index is 161. The number of hydrogen-bond acceptors (Lipinski definition) is 1. The van der Waals surface area contributed by atoms with Crippen molar-refractivity contribution in [2.75, 3.05) is 6.54 Å². The van der Waals surface area contributed by atoms with Crippen LogP contribution in [0.3, 0.4) is 0 Å². The maximum atomic E-state index is 10.0. The summed E-state index contributed by atoms with van der Waals surface area (Å²) in [7, 11) is 0. The van der Waals surface area contributed by atoms with E-state index in [-0.39, 0.29) is 0 Å². The van der Waals surface area contributed by atoms with Crippen LogP contribution in [0.1, 0.15) is 40.5 Å². The van der Waals surface area contributed by atoms with Crippen molar-refractivity contribution in [3.63, 3.8) is 0 Å². The maximum absolute atomic E-state index is 10.0. The average molecular weight is 186 g/mol. The lowest BCUT2D eigenvalue weighted by atomic mass is 9.84. The van der Waals surface area contributed by atoms with Gasteiger partial charge in [-0.15, -0.1) is 0 Å². The van der Waals surface area contributed by atoms with Crippen LogP contribution in [-0.4, -0.2) is 12.6 Å². The summed E-state index contributed by atoms with van der Waals surface area (Å²) < 4.78 is 0. The molecule has 0 aliphatic carbocycles. The van der Waals surface area contributed by atoms with Gasteiger partial charge < -0.3 is 5.32 Å². The van der Waals surface area contributed by atoms with Crippen LogP contribution in [0.4, 0.5) is 4.79 Å². The van der Waals surface area contributed by atoms with E-state index >= 15 is 0 Å². The van der Waals surface area contributed by atoms with Crippen LogP contribution in [0.2, 0.25) is 0 Å². The topological polar surface area (TPSA) is 49.0 Å². The molecule has 77 valence electrons. The summed E-state index contributed by atoms with van der Waals surface area (Å²) >= 11 is 0. The molecule has 1 unspecified atom stereocenters. The van der Waals surface area contributed by atoms with Crippen LogP contribution < -0.4 is 5.32 Å². The number of nitrogens with one attached hydrogen (secondary N) is 1. The number of amides is 1. The molecule has 3 nitrogen and oxygen atoms in total. The van der Waals surface area contributed by atoms with E-state index in [1.54, 1.807) is 0 Å². The second kappa shape index (κ2) is 5.10. The minimum absolute atomic E-state index is 0.320. The van der Waals surface area contributed by atoms with Crippen molar-refractivity contribution in [2.45, 2.75) is 40.5 Å². The van der Waals surface area contributed by atoms with Crippen molar-refractivity contribution in [3.8, 4) is 0 Å². The Morgan fingerprint density at radius 1 is 1.38 bits per heavy atom. The Morgan fingerprint density at radius 2 is 1.92 bits per heavy atom. The molecule has 0 aliphatic heterocycles. The molecule has 1 amide bonds. The van der Waals surface area contributed by atoms with E-state index in [0.29, 0.717) is 17.9 Å². The van der Waals surface area contributed by atoms with E-state index in [1.807, 2.05) is 0 Å². The molecule has 1 radical (unpaired) electrons. The Hall–Kier alpha value is -0.730. The Labute approximate surface area is 80.5 Å². The van der Waals surface area contributed by atoms with Crippen LogP contribution in [-0.2, 0) is 5.11 Å². The lowest BCUT2D eigenvalue weighted by Crippen LogP contribution is -2.23. The Balaban J connectivity index is 3.52. The third-order valence-corrected chi connectivity index (χ3v) is 1.87. The summed E-state index contributed by atoms with van der Waals surface area (Å²) in [6, 6.07) is 0. The van der Waals surface area contributed by atoms with Crippen LogP contribution in [0.5, 0.6) is 0 Å². The third-order valence-electron chi connectivity index (χ3n) is 1.87. The van der Waals surface area contributed by atoms with E-state index in [2.05, 4.69) is 33.0 Å². The minimum atomic E-state index is -1.18. The first-order chi connectivity index (χ1) is 5.81. The normalized spacial score (nSPS) is 13.8.